The molecule has 1 heterocycles. The Morgan fingerprint density at radius 3 is 2.84 bits per heavy atom. The van der Waals surface area contributed by atoms with Crippen molar-refractivity contribution >= 4 is 11.7 Å². The SMILES string of the molecule is [2H]c1cccc(N2CCN(CCN(C)C)C2=O)c1CC. The van der Waals surface area contributed by atoms with Crippen molar-refractivity contribution in [3.8, 4) is 0 Å². The summed E-state index contributed by atoms with van der Waals surface area (Å²) in [4.78, 5) is 18.2. The molecule has 0 saturated carbocycles. The minimum absolute atomic E-state index is 0.0622. The highest BCUT2D eigenvalue weighted by Crippen LogP contribution is 2.24. The first-order valence-electron chi connectivity index (χ1n) is 7.34. The molecule has 2 amide bonds. The Labute approximate surface area is 117 Å². The van der Waals surface area contributed by atoms with Gasteiger partial charge in [0.2, 0.25) is 0 Å². The molecule has 1 fully saturated rings. The molecule has 0 radical (unpaired) electrons. The number of hydrogen-bond donors (Lipinski definition) is 0. The second-order valence-electron chi connectivity index (χ2n) is 5.11. The number of urea groups is 1. The quantitative estimate of drug-likeness (QED) is 0.812. The smallest absolute Gasteiger partial charge is 0.321 e. The van der Waals surface area contributed by atoms with E-state index in [1.54, 1.807) is 6.07 Å². The number of carbonyl (C=O) groups excluding carboxylic acids is 1. The van der Waals surface area contributed by atoms with Gasteiger partial charge in [0.1, 0.15) is 0 Å². The lowest BCUT2D eigenvalue weighted by Gasteiger charge is -2.21. The summed E-state index contributed by atoms with van der Waals surface area (Å²) in [6.45, 7) is 5.13. The molecule has 0 aromatic heterocycles. The van der Waals surface area contributed by atoms with Crippen LogP contribution in [0.1, 0.15) is 13.9 Å². The molecule has 1 aliphatic rings. The topological polar surface area (TPSA) is 26.8 Å². The third kappa shape index (κ3) is 3.07. The Bertz CT molecular complexity index is 490. The van der Waals surface area contributed by atoms with E-state index in [0.29, 0.717) is 12.6 Å². The minimum Gasteiger partial charge on any atom is -0.321 e. The van der Waals surface area contributed by atoms with Crippen molar-refractivity contribution in [2.24, 2.45) is 0 Å². The van der Waals surface area contributed by atoms with E-state index < -0.39 is 0 Å². The Kier molecular flexibility index (Phi) is 3.98. The predicted octanol–water partition coefficient (Wildman–Crippen LogP) is 2.05. The van der Waals surface area contributed by atoms with Gasteiger partial charge in [0, 0.05) is 31.9 Å². The molecular formula is C15H23N3O. The fraction of sp³-hybridized carbons (Fsp3) is 0.533. The van der Waals surface area contributed by atoms with E-state index in [0.717, 1.165) is 37.3 Å². The highest BCUT2D eigenvalue weighted by Gasteiger charge is 2.29. The van der Waals surface area contributed by atoms with Gasteiger partial charge in [-0.05, 0) is 32.1 Å². The second-order valence-corrected chi connectivity index (χ2v) is 5.11. The van der Waals surface area contributed by atoms with E-state index in [4.69, 9.17) is 1.37 Å². The highest BCUT2D eigenvalue weighted by molar-refractivity contribution is 5.94. The van der Waals surface area contributed by atoms with Crippen LogP contribution in [-0.4, -0.2) is 56.1 Å². The zero-order valence-corrected chi connectivity index (χ0v) is 12.0. The summed E-state index contributed by atoms with van der Waals surface area (Å²) in [5.74, 6) is 0. The van der Waals surface area contributed by atoms with E-state index in [1.807, 2.05) is 43.0 Å². The number of para-hydroxylation sites is 1. The van der Waals surface area contributed by atoms with Crippen LogP contribution < -0.4 is 4.90 Å². The van der Waals surface area contributed by atoms with Crippen molar-refractivity contribution < 1.29 is 6.17 Å². The monoisotopic (exact) mass is 262 g/mol. The van der Waals surface area contributed by atoms with Crippen molar-refractivity contribution in [3.05, 3.63) is 29.8 Å². The molecule has 104 valence electrons. The summed E-state index contributed by atoms with van der Waals surface area (Å²) in [5.41, 5.74) is 1.85. The number of amides is 2. The van der Waals surface area contributed by atoms with Crippen molar-refractivity contribution in [3.63, 3.8) is 0 Å². The Hall–Kier alpha value is -1.55. The first-order chi connectivity index (χ1) is 9.54. The van der Waals surface area contributed by atoms with Gasteiger partial charge in [0.05, 0.1) is 1.37 Å². The molecule has 1 saturated heterocycles. The van der Waals surface area contributed by atoms with Crippen molar-refractivity contribution in [1.82, 2.24) is 9.80 Å². The summed E-state index contributed by atoms with van der Waals surface area (Å²) in [6, 6.07) is 6.17. The van der Waals surface area contributed by atoms with E-state index in [1.165, 1.54) is 0 Å². The number of rotatable bonds is 5. The molecular weight excluding hydrogens is 238 g/mol. The third-order valence-corrected chi connectivity index (χ3v) is 3.47. The molecule has 0 spiro atoms. The summed E-state index contributed by atoms with van der Waals surface area (Å²) in [7, 11) is 4.02. The lowest BCUT2D eigenvalue weighted by Crippen LogP contribution is -2.36. The van der Waals surface area contributed by atoms with Crippen LogP contribution in [0.15, 0.2) is 24.2 Å². The summed E-state index contributed by atoms with van der Waals surface area (Å²) in [5, 5.41) is 0. The molecule has 1 aromatic carbocycles. The van der Waals surface area contributed by atoms with Gasteiger partial charge in [-0.1, -0.05) is 25.1 Å². The molecule has 4 heteroatoms. The number of anilines is 1. The van der Waals surface area contributed by atoms with Crippen molar-refractivity contribution in [2.75, 3.05) is 45.2 Å². The molecule has 4 nitrogen and oxygen atoms in total. The molecule has 0 bridgehead atoms. The lowest BCUT2D eigenvalue weighted by atomic mass is 10.1. The van der Waals surface area contributed by atoms with Crippen LogP contribution in [0.25, 0.3) is 0 Å². The molecule has 0 unspecified atom stereocenters. The van der Waals surface area contributed by atoms with Crippen molar-refractivity contribution in [2.45, 2.75) is 13.3 Å². The number of carbonyl (C=O) groups is 1. The average Bonchev–Trinajstić information content (AvgIpc) is 2.77. The maximum absolute atomic E-state index is 12.5. The van der Waals surface area contributed by atoms with Gasteiger partial charge in [-0.15, -0.1) is 0 Å². The van der Waals surface area contributed by atoms with Crippen LogP contribution in [0.4, 0.5) is 10.5 Å². The maximum atomic E-state index is 12.5. The van der Waals surface area contributed by atoms with Gasteiger partial charge in [-0.3, -0.25) is 4.90 Å². The van der Waals surface area contributed by atoms with Gasteiger partial charge in [-0.25, -0.2) is 4.79 Å². The fourth-order valence-corrected chi connectivity index (χ4v) is 2.33. The van der Waals surface area contributed by atoms with Crippen LogP contribution in [0.2, 0.25) is 0 Å². The van der Waals surface area contributed by atoms with Gasteiger partial charge < -0.3 is 9.80 Å². The van der Waals surface area contributed by atoms with Crippen LogP contribution in [-0.2, 0) is 6.42 Å². The zero-order chi connectivity index (χ0) is 14.7. The van der Waals surface area contributed by atoms with Gasteiger partial charge in [-0.2, -0.15) is 0 Å². The van der Waals surface area contributed by atoms with Gasteiger partial charge in [0.25, 0.3) is 0 Å². The lowest BCUT2D eigenvalue weighted by molar-refractivity contribution is 0.215. The molecule has 19 heavy (non-hydrogen) atoms. The van der Waals surface area contributed by atoms with E-state index in [-0.39, 0.29) is 6.03 Å². The van der Waals surface area contributed by atoms with Crippen LogP contribution in [0.5, 0.6) is 0 Å². The second kappa shape index (κ2) is 6.06. The highest BCUT2D eigenvalue weighted by atomic mass is 16.2. The Balaban J connectivity index is 2.15. The normalized spacial score (nSPS) is 16.4. The van der Waals surface area contributed by atoms with Gasteiger partial charge in [0.15, 0.2) is 0 Å². The van der Waals surface area contributed by atoms with E-state index in [2.05, 4.69) is 4.90 Å². The van der Waals surface area contributed by atoms with Gasteiger partial charge >= 0.3 is 6.03 Å². The number of likely N-dealkylation sites (N-methyl/N-ethyl adjacent to an activating group) is 1. The van der Waals surface area contributed by atoms with Crippen LogP contribution >= 0.6 is 0 Å². The largest absolute Gasteiger partial charge is 0.324 e. The third-order valence-electron chi connectivity index (χ3n) is 3.47. The van der Waals surface area contributed by atoms with Crippen LogP contribution in [0, 0.1) is 0 Å². The molecule has 1 aliphatic heterocycles. The van der Waals surface area contributed by atoms with Crippen LogP contribution in [0.3, 0.4) is 0 Å². The first kappa shape index (κ1) is 12.5. The number of nitrogens with zero attached hydrogens (tertiary/aromatic N) is 3. The molecule has 0 aliphatic carbocycles. The van der Waals surface area contributed by atoms with E-state index in [9.17, 15) is 4.79 Å². The predicted molar refractivity (Wildman–Crippen MR) is 78.7 cm³/mol. The minimum atomic E-state index is 0.0622. The number of hydrogen-bond acceptors (Lipinski definition) is 2. The summed E-state index contributed by atoms with van der Waals surface area (Å²) in [6.07, 6.45) is 0.774. The Morgan fingerprint density at radius 1 is 1.37 bits per heavy atom. The maximum Gasteiger partial charge on any atom is 0.324 e. The molecule has 1 aromatic rings. The molecule has 0 atom stereocenters. The zero-order valence-electron chi connectivity index (χ0n) is 13.0. The van der Waals surface area contributed by atoms with E-state index >= 15 is 0 Å². The van der Waals surface area contributed by atoms with Crippen molar-refractivity contribution in [1.29, 1.82) is 0 Å². The molecule has 0 N–H and O–H groups in total. The summed E-state index contributed by atoms with van der Waals surface area (Å²) >= 11 is 0. The number of benzene rings is 1. The summed E-state index contributed by atoms with van der Waals surface area (Å²) < 4.78 is 7.97. The Morgan fingerprint density at radius 2 is 2.16 bits per heavy atom. The average molecular weight is 262 g/mol. The first-order valence-corrected chi connectivity index (χ1v) is 6.84. The molecule has 2 rings (SSSR count). The fourth-order valence-electron chi connectivity index (χ4n) is 2.33. The standard InChI is InChI=1S/C15H23N3O/c1-4-13-7-5-6-8-14(13)18-12-11-17(15(18)19)10-9-16(2)3/h5-8H,4,9-12H2,1-3H3/i7D.